The number of hydrazine groups is 1. The van der Waals surface area contributed by atoms with Crippen molar-refractivity contribution < 1.29 is 14.5 Å². The summed E-state index contributed by atoms with van der Waals surface area (Å²) in [6.07, 6.45) is 3.22. The van der Waals surface area contributed by atoms with Crippen molar-refractivity contribution in [3.63, 3.8) is 0 Å². The third kappa shape index (κ3) is 6.08. The van der Waals surface area contributed by atoms with Crippen LogP contribution < -0.4 is 16.2 Å². The Hall–Kier alpha value is -3.46. The zero-order valence-corrected chi connectivity index (χ0v) is 14.8. The molecule has 0 aliphatic heterocycles. The maximum absolute atomic E-state index is 12.0. The van der Waals surface area contributed by atoms with Crippen molar-refractivity contribution in [2.45, 2.75) is 13.0 Å². The SMILES string of the molecule is C=C(CC(=O)NCc1cccnc1)NNC(=O)c1ccc([N+](=O)[O-])c(Cl)c1. The van der Waals surface area contributed by atoms with Gasteiger partial charge in [0.1, 0.15) is 5.02 Å². The molecule has 0 radical (unpaired) electrons. The highest BCUT2D eigenvalue weighted by Crippen LogP contribution is 2.24. The quantitative estimate of drug-likeness (QED) is 0.468. The fraction of sp³-hybridized carbons (Fsp3) is 0.118. The van der Waals surface area contributed by atoms with Gasteiger partial charge in [-0.1, -0.05) is 24.2 Å². The molecule has 2 amide bonds. The molecule has 0 bridgehead atoms. The Morgan fingerprint density at radius 2 is 2.04 bits per heavy atom. The normalized spacial score (nSPS) is 9.96. The van der Waals surface area contributed by atoms with E-state index in [1.165, 1.54) is 12.1 Å². The summed E-state index contributed by atoms with van der Waals surface area (Å²) in [6.45, 7) is 3.98. The van der Waals surface area contributed by atoms with Gasteiger partial charge in [-0.2, -0.15) is 0 Å². The van der Waals surface area contributed by atoms with Crippen molar-refractivity contribution >= 4 is 29.1 Å². The number of hydrogen-bond donors (Lipinski definition) is 3. The van der Waals surface area contributed by atoms with Crippen molar-refractivity contribution in [3.05, 3.63) is 81.3 Å². The first-order chi connectivity index (χ1) is 12.9. The predicted octanol–water partition coefficient (Wildman–Crippen LogP) is 2.10. The molecule has 0 spiro atoms. The van der Waals surface area contributed by atoms with Crippen LogP contribution in [0.2, 0.25) is 5.02 Å². The molecule has 0 saturated carbocycles. The van der Waals surface area contributed by atoms with Crippen LogP contribution in [-0.2, 0) is 11.3 Å². The number of nitrogens with one attached hydrogen (secondary N) is 3. The highest BCUT2D eigenvalue weighted by Gasteiger charge is 2.15. The Kier molecular flexibility index (Phi) is 6.84. The zero-order valence-electron chi connectivity index (χ0n) is 14.1. The van der Waals surface area contributed by atoms with Crippen molar-refractivity contribution in [1.29, 1.82) is 0 Å². The second-order valence-electron chi connectivity index (χ2n) is 5.42. The van der Waals surface area contributed by atoms with Crippen LogP contribution in [0.15, 0.2) is 55.0 Å². The van der Waals surface area contributed by atoms with E-state index >= 15 is 0 Å². The fourth-order valence-electron chi connectivity index (χ4n) is 2.02. The number of carbonyl (C=O) groups is 2. The summed E-state index contributed by atoms with van der Waals surface area (Å²) in [5, 5.41) is 13.3. The Balaban J connectivity index is 1.79. The van der Waals surface area contributed by atoms with Gasteiger partial charge >= 0.3 is 0 Å². The predicted molar refractivity (Wildman–Crippen MR) is 98.5 cm³/mol. The highest BCUT2D eigenvalue weighted by molar-refractivity contribution is 6.33. The third-order valence-electron chi connectivity index (χ3n) is 3.35. The molecule has 0 aliphatic carbocycles. The van der Waals surface area contributed by atoms with Crippen LogP contribution in [0.4, 0.5) is 5.69 Å². The first-order valence-corrected chi connectivity index (χ1v) is 8.08. The van der Waals surface area contributed by atoms with Crippen LogP contribution in [-0.4, -0.2) is 21.7 Å². The van der Waals surface area contributed by atoms with Gasteiger partial charge in [-0.25, -0.2) is 0 Å². The van der Waals surface area contributed by atoms with Crippen LogP contribution >= 0.6 is 11.6 Å². The molecule has 140 valence electrons. The number of rotatable bonds is 8. The molecule has 2 rings (SSSR count). The highest BCUT2D eigenvalue weighted by atomic mass is 35.5. The van der Waals surface area contributed by atoms with Gasteiger partial charge in [-0.15, -0.1) is 0 Å². The first kappa shape index (κ1) is 19.9. The van der Waals surface area contributed by atoms with Crippen LogP contribution in [0.25, 0.3) is 0 Å². The lowest BCUT2D eigenvalue weighted by Crippen LogP contribution is -2.38. The summed E-state index contributed by atoms with van der Waals surface area (Å²) in [7, 11) is 0. The fourth-order valence-corrected chi connectivity index (χ4v) is 2.27. The standard InChI is InChI=1S/C17H16ClN5O4/c1-11(7-16(24)20-10-12-3-2-6-19-9-12)21-22-17(25)13-4-5-15(23(26)27)14(18)8-13/h2-6,8-9,21H,1,7,10H2,(H,20,24)(H,22,25). The molecular weight excluding hydrogens is 374 g/mol. The summed E-state index contributed by atoms with van der Waals surface area (Å²) < 4.78 is 0. The largest absolute Gasteiger partial charge is 0.352 e. The van der Waals surface area contributed by atoms with E-state index < -0.39 is 10.8 Å². The second kappa shape index (κ2) is 9.30. The average Bonchev–Trinajstić information content (AvgIpc) is 2.65. The van der Waals surface area contributed by atoms with Crippen molar-refractivity contribution in [2.75, 3.05) is 0 Å². The number of carbonyl (C=O) groups excluding carboxylic acids is 2. The number of nitro groups is 1. The van der Waals surface area contributed by atoms with E-state index in [4.69, 9.17) is 11.6 Å². The minimum Gasteiger partial charge on any atom is -0.352 e. The minimum atomic E-state index is -0.645. The molecule has 1 aromatic heterocycles. The van der Waals surface area contributed by atoms with Crippen LogP contribution in [0.3, 0.4) is 0 Å². The molecule has 2 aromatic rings. The van der Waals surface area contributed by atoms with E-state index in [2.05, 4.69) is 27.7 Å². The smallest absolute Gasteiger partial charge is 0.287 e. The number of amides is 2. The van der Waals surface area contributed by atoms with Gasteiger partial charge in [0.2, 0.25) is 5.91 Å². The van der Waals surface area contributed by atoms with Crippen LogP contribution in [0.1, 0.15) is 22.3 Å². The van der Waals surface area contributed by atoms with Crippen molar-refractivity contribution in [1.82, 2.24) is 21.2 Å². The van der Waals surface area contributed by atoms with Crippen molar-refractivity contribution in [2.24, 2.45) is 0 Å². The van der Waals surface area contributed by atoms with E-state index in [9.17, 15) is 19.7 Å². The van der Waals surface area contributed by atoms with Gasteiger partial charge in [0.15, 0.2) is 0 Å². The zero-order chi connectivity index (χ0) is 19.8. The molecule has 0 atom stereocenters. The monoisotopic (exact) mass is 389 g/mol. The number of pyridine rings is 1. The minimum absolute atomic E-state index is 0.0540. The molecule has 0 saturated heterocycles. The van der Waals surface area contributed by atoms with Gasteiger partial charge in [-0.3, -0.25) is 30.1 Å². The molecule has 0 fully saturated rings. The maximum Gasteiger partial charge on any atom is 0.287 e. The molecular formula is C17H16ClN5O4. The number of nitrogens with zero attached hydrogens (tertiary/aromatic N) is 2. The van der Waals surface area contributed by atoms with Gasteiger partial charge in [0, 0.05) is 36.3 Å². The molecule has 1 heterocycles. The average molecular weight is 390 g/mol. The van der Waals surface area contributed by atoms with E-state index in [-0.39, 0.29) is 34.3 Å². The number of hydrogen-bond acceptors (Lipinski definition) is 6. The number of nitro benzene ring substituents is 1. The van der Waals surface area contributed by atoms with E-state index in [0.717, 1.165) is 11.6 Å². The lowest BCUT2D eigenvalue weighted by Gasteiger charge is -2.11. The Morgan fingerprint density at radius 3 is 2.67 bits per heavy atom. The van der Waals surface area contributed by atoms with Gasteiger partial charge in [-0.05, 0) is 23.8 Å². The van der Waals surface area contributed by atoms with E-state index in [1.54, 1.807) is 18.5 Å². The molecule has 9 nitrogen and oxygen atoms in total. The van der Waals surface area contributed by atoms with Gasteiger partial charge in [0.25, 0.3) is 11.6 Å². The summed E-state index contributed by atoms with van der Waals surface area (Å²) in [5.41, 5.74) is 5.81. The maximum atomic E-state index is 12.0. The molecule has 3 N–H and O–H groups in total. The lowest BCUT2D eigenvalue weighted by atomic mass is 10.2. The Labute approximate surface area is 159 Å². The molecule has 0 unspecified atom stereocenters. The second-order valence-corrected chi connectivity index (χ2v) is 5.83. The number of aromatic nitrogens is 1. The summed E-state index contributed by atoms with van der Waals surface area (Å²) in [4.78, 5) is 37.9. The molecule has 10 heteroatoms. The molecule has 0 aliphatic rings. The van der Waals surface area contributed by atoms with E-state index in [0.29, 0.717) is 6.54 Å². The Morgan fingerprint density at radius 1 is 1.26 bits per heavy atom. The molecule has 27 heavy (non-hydrogen) atoms. The van der Waals surface area contributed by atoms with Crippen LogP contribution in [0.5, 0.6) is 0 Å². The van der Waals surface area contributed by atoms with Gasteiger partial charge in [0.05, 0.1) is 11.3 Å². The first-order valence-electron chi connectivity index (χ1n) is 7.70. The Bertz CT molecular complexity index is 873. The number of halogens is 1. The summed E-state index contributed by atoms with van der Waals surface area (Å²) in [5.74, 6) is -0.868. The van der Waals surface area contributed by atoms with Crippen molar-refractivity contribution in [3.8, 4) is 0 Å². The van der Waals surface area contributed by atoms with Crippen LogP contribution in [0, 0.1) is 10.1 Å². The van der Waals surface area contributed by atoms with Gasteiger partial charge < -0.3 is 10.7 Å². The topological polar surface area (TPSA) is 126 Å². The number of benzene rings is 1. The molecule has 1 aromatic carbocycles. The lowest BCUT2D eigenvalue weighted by molar-refractivity contribution is -0.384. The summed E-state index contributed by atoms with van der Waals surface area (Å²) in [6, 6.07) is 7.18. The summed E-state index contributed by atoms with van der Waals surface area (Å²) >= 11 is 5.77. The van der Waals surface area contributed by atoms with E-state index in [1.807, 2.05) is 6.07 Å². The third-order valence-corrected chi connectivity index (χ3v) is 3.65.